The van der Waals surface area contributed by atoms with Gasteiger partial charge in [-0.1, -0.05) is 19.8 Å². The van der Waals surface area contributed by atoms with Gasteiger partial charge in [-0.2, -0.15) is 0 Å². The van der Waals surface area contributed by atoms with Gasteiger partial charge < -0.3 is 19.3 Å². The first-order valence-electron chi connectivity index (χ1n) is 9.14. The van der Waals surface area contributed by atoms with Crippen LogP contribution in [0.4, 0.5) is 0 Å². The number of likely N-dealkylation sites (tertiary alicyclic amines) is 2. The van der Waals surface area contributed by atoms with Crippen LogP contribution in [0.25, 0.3) is 0 Å². The summed E-state index contributed by atoms with van der Waals surface area (Å²) in [6.45, 7) is 5.65. The molecule has 1 aliphatic carbocycles. The molecule has 0 aromatic heterocycles. The van der Waals surface area contributed by atoms with Crippen molar-refractivity contribution < 1.29 is 19.1 Å². The van der Waals surface area contributed by atoms with Gasteiger partial charge in [-0.25, -0.2) is 0 Å². The Labute approximate surface area is 144 Å². The van der Waals surface area contributed by atoms with E-state index in [9.17, 15) is 9.59 Å². The van der Waals surface area contributed by atoms with Crippen molar-refractivity contribution >= 4 is 11.8 Å². The summed E-state index contributed by atoms with van der Waals surface area (Å²) < 4.78 is 10.4. The maximum atomic E-state index is 12.8. The Morgan fingerprint density at radius 1 is 1.17 bits per heavy atom. The van der Waals surface area contributed by atoms with Crippen LogP contribution < -0.4 is 0 Å². The molecule has 3 rings (SSSR count). The molecule has 0 radical (unpaired) electrons. The largest absolute Gasteiger partial charge is 0.382 e. The van der Waals surface area contributed by atoms with Crippen molar-refractivity contribution in [2.24, 2.45) is 5.41 Å². The van der Waals surface area contributed by atoms with Gasteiger partial charge in [0.25, 0.3) is 0 Å². The molecule has 24 heavy (non-hydrogen) atoms. The molecule has 0 unspecified atom stereocenters. The predicted octanol–water partition coefficient (Wildman–Crippen LogP) is 1.43. The maximum absolute atomic E-state index is 12.8. The lowest BCUT2D eigenvalue weighted by Crippen LogP contribution is -2.56. The van der Waals surface area contributed by atoms with Crippen LogP contribution in [-0.2, 0) is 19.1 Å². The smallest absolute Gasteiger partial charge is 0.248 e. The molecule has 0 aromatic carbocycles. The molecule has 2 heterocycles. The minimum Gasteiger partial charge on any atom is -0.382 e. The van der Waals surface area contributed by atoms with Crippen LogP contribution in [0.5, 0.6) is 0 Å². The highest BCUT2D eigenvalue weighted by Crippen LogP contribution is 2.53. The summed E-state index contributed by atoms with van der Waals surface area (Å²) in [5.74, 6) is 0.207. The van der Waals surface area contributed by atoms with E-state index in [1.54, 1.807) is 14.0 Å². The first-order chi connectivity index (χ1) is 11.5. The van der Waals surface area contributed by atoms with Gasteiger partial charge in [-0.3, -0.25) is 9.59 Å². The van der Waals surface area contributed by atoms with Gasteiger partial charge in [-0.05, 0) is 19.3 Å². The third-order valence-corrected chi connectivity index (χ3v) is 6.26. The molecule has 6 nitrogen and oxygen atoms in total. The highest BCUT2D eigenvalue weighted by molar-refractivity contribution is 5.79. The standard InChI is InChI=1S/C18H30N2O4/c1-13(21)20-14-10-18(2)15(6-4-5-7-16(18)20)19(11-14)17(22)12-24-9-8-23-3/h14-16H,4-12H2,1-3H3/t14-,15+,16-,18+/m0/s1. The maximum Gasteiger partial charge on any atom is 0.248 e. The van der Waals surface area contributed by atoms with Crippen LogP contribution in [-0.4, -0.2) is 73.2 Å². The van der Waals surface area contributed by atoms with Crippen LogP contribution in [0.3, 0.4) is 0 Å². The molecule has 3 aliphatic rings. The Kier molecular flexibility index (Phi) is 5.16. The molecule has 4 atom stereocenters. The first kappa shape index (κ1) is 17.7. The molecular weight excluding hydrogens is 308 g/mol. The van der Waals surface area contributed by atoms with Crippen molar-refractivity contribution in [1.29, 1.82) is 0 Å². The van der Waals surface area contributed by atoms with E-state index in [2.05, 4.69) is 11.8 Å². The number of nitrogens with zero attached hydrogens (tertiary/aromatic N) is 2. The Balaban J connectivity index is 1.78. The van der Waals surface area contributed by atoms with Gasteiger partial charge in [0.05, 0.1) is 19.3 Å². The van der Waals surface area contributed by atoms with E-state index >= 15 is 0 Å². The van der Waals surface area contributed by atoms with Crippen LogP contribution in [0.2, 0.25) is 0 Å². The Morgan fingerprint density at radius 2 is 1.88 bits per heavy atom. The van der Waals surface area contributed by atoms with E-state index in [-0.39, 0.29) is 42.0 Å². The number of fused-ring (bicyclic) bond motifs is 1. The molecule has 2 amide bonds. The predicted molar refractivity (Wildman–Crippen MR) is 89.5 cm³/mol. The van der Waals surface area contributed by atoms with Crippen LogP contribution in [0, 0.1) is 5.41 Å². The van der Waals surface area contributed by atoms with E-state index in [1.807, 2.05) is 4.90 Å². The van der Waals surface area contributed by atoms with Crippen molar-refractivity contribution in [2.45, 2.75) is 64.1 Å². The number of amides is 2. The summed E-state index contributed by atoms with van der Waals surface area (Å²) in [4.78, 5) is 29.1. The van der Waals surface area contributed by atoms with Gasteiger partial charge in [0.1, 0.15) is 6.61 Å². The molecule has 0 aromatic rings. The number of carbonyl (C=O) groups excluding carboxylic acids is 2. The van der Waals surface area contributed by atoms with Gasteiger partial charge in [0, 0.05) is 38.1 Å². The fourth-order valence-corrected chi connectivity index (χ4v) is 5.30. The molecule has 2 aliphatic heterocycles. The van der Waals surface area contributed by atoms with Crippen molar-refractivity contribution in [3.63, 3.8) is 0 Å². The number of hydrogen-bond acceptors (Lipinski definition) is 4. The quantitative estimate of drug-likeness (QED) is 0.712. The Bertz CT molecular complexity index is 497. The monoisotopic (exact) mass is 338 g/mol. The summed E-state index contributed by atoms with van der Waals surface area (Å²) in [5, 5.41) is 0. The van der Waals surface area contributed by atoms with Gasteiger partial charge >= 0.3 is 0 Å². The van der Waals surface area contributed by atoms with Crippen molar-refractivity contribution in [3.8, 4) is 0 Å². The van der Waals surface area contributed by atoms with E-state index in [0.717, 1.165) is 32.1 Å². The zero-order chi connectivity index (χ0) is 17.3. The Hall–Kier alpha value is -1.14. The molecule has 2 bridgehead atoms. The molecule has 3 fully saturated rings. The molecule has 1 saturated carbocycles. The molecule has 136 valence electrons. The average Bonchev–Trinajstić information content (AvgIpc) is 2.65. The zero-order valence-corrected chi connectivity index (χ0v) is 15.1. The minimum atomic E-state index is 0.0211. The van der Waals surface area contributed by atoms with Gasteiger partial charge in [0.2, 0.25) is 11.8 Å². The summed E-state index contributed by atoms with van der Waals surface area (Å²) in [6, 6.07) is 0.665. The third-order valence-electron chi connectivity index (χ3n) is 6.26. The number of ether oxygens (including phenoxy) is 2. The second-order valence-corrected chi connectivity index (χ2v) is 7.70. The highest BCUT2D eigenvalue weighted by atomic mass is 16.5. The fourth-order valence-electron chi connectivity index (χ4n) is 5.30. The van der Waals surface area contributed by atoms with Crippen molar-refractivity contribution in [3.05, 3.63) is 0 Å². The van der Waals surface area contributed by atoms with Crippen molar-refractivity contribution in [1.82, 2.24) is 9.80 Å². The average molecular weight is 338 g/mol. The number of methoxy groups -OCH3 is 1. The minimum absolute atomic E-state index is 0.0211. The van der Waals surface area contributed by atoms with Crippen LogP contribution in [0.15, 0.2) is 0 Å². The zero-order valence-electron chi connectivity index (χ0n) is 15.1. The molecule has 0 N–H and O–H groups in total. The summed E-state index contributed by atoms with van der Waals surface area (Å²) >= 11 is 0. The van der Waals surface area contributed by atoms with E-state index in [1.165, 1.54) is 0 Å². The topological polar surface area (TPSA) is 59.1 Å². The summed E-state index contributed by atoms with van der Waals surface area (Å²) in [6.07, 6.45) is 5.39. The van der Waals surface area contributed by atoms with E-state index < -0.39 is 0 Å². The van der Waals surface area contributed by atoms with Crippen molar-refractivity contribution in [2.75, 3.05) is 33.5 Å². The first-order valence-corrected chi connectivity index (χ1v) is 9.14. The fraction of sp³-hybridized carbons (Fsp3) is 0.889. The second-order valence-electron chi connectivity index (χ2n) is 7.70. The number of hydrogen-bond donors (Lipinski definition) is 0. The number of piperidine rings is 1. The lowest BCUT2D eigenvalue weighted by Gasteiger charge is -2.46. The summed E-state index contributed by atoms with van der Waals surface area (Å²) in [7, 11) is 1.62. The Morgan fingerprint density at radius 3 is 2.54 bits per heavy atom. The van der Waals surface area contributed by atoms with Crippen LogP contribution in [0.1, 0.15) is 46.0 Å². The van der Waals surface area contributed by atoms with E-state index in [4.69, 9.17) is 9.47 Å². The normalized spacial score (nSPS) is 35.0. The summed E-state index contributed by atoms with van der Waals surface area (Å²) in [5.41, 5.74) is 0.0211. The third kappa shape index (κ3) is 2.94. The van der Waals surface area contributed by atoms with E-state index in [0.29, 0.717) is 19.8 Å². The molecule has 6 heteroatoms. The lowest BCUT2D eigenvalue weighted by atomic mass is 9.71. The van der Waals surface area contributed by atoms with Gasteiger partial charge in [-0.15, -0.1) is 0 Å². The van der Waals surface area contributed by atoms with Crippen LogP contribution >= 0.6 is 0 Å². The highest BCUT2D eigenvalue weighted by Gasteiger charge is 2.60. The SMILES string of the molecule is COCCOCC(=O)N1C[C@@H]2C[C@@]3(C)[C@H](CCCC[C@@H]13)N2C(C)=O. The number of rotatable bonds is 5. The molecule has 0 spiro atoms. The lowest BCUT2D eigenvalue weighted by molar-refractivity contribution is -0.144. The second kappa shape index (κ2) is 7.00. The molecule has 2 saturated heterocycles. The number of carbonyl (C=O) groups is 2. The van der Waals surface area contributed by atoms with Gasteiger partial charge in [0.15, 0.2) is 0 Å². The molecular formula is C18H30N2O4.